The van der Waals surface area contributed by atoms with Crippen LogP contribution in [-0.2, 0) is 4.74 Å². The normalized spacial score (nSPS) is 14.5. The molecular weight excluding hydrogens is 344 g/mol. The van der Waals surface area contributed by atoms with Gasteiger partial charge in [-0.25, -0.2) is 9.50 Å². The first-order valence-electron chi connectivity index (χ1n) is 8.83. The average Bonchev–Trinajstić information content (AvgIpc) is 3.12. The summed E-state index contributed by atoms with van der Waals surface area (Å²) in [5, 5.41) is 4.63. The maximum Gasteiger partial charge on any atom is 0.254 e. The van der Waals surface area contributed by atoms with Crippen LogP contribution in [0.15, 0.2) is 36.5 Å². The van der Waals surface area contributed by atoms with Gasteiger partial charge in [0, 0.05) is 44.6 Å². The number of carbonyl (C=O) groups excluding carboxylic acids is 1. The van der Waals surface area contributed by atoms with E-state index in [1.807, 2.05) is 30.3 Å². The minimum Gasteiger partial charge on any atom is -0.399 e. The molecule has 1 fully saturated rings. The number of nitrogen functional groups attached to an aromatic ring is 1. The van der Waals surface area contributed by atoms with Gasteiger partial charge in [-0.15, -0.1) is 5.10 Å². The van der Waals surface area contributed by atoms with Gasteiger partial charge >= 0.3 is 0 Å². The van der Waals surface area contributed by atoms with Crippen molar-refractivity contribution in [1.29, 1.82) is 0 Å². The molecule has 2 N–H and O–H groups in total. The fourth-order valence-electron chi connectivity index (χ4n) is 3.12. The number of fused-ring (bicyclic) bond motifs is 1. The topological polar surface area (TPSA) is 89.0 Å². The number of carbonyl (C=O) groups is 1. The fraction of sp³-hybridized carbons (Fsp3) is 0.316. The molecule has 0 unspecified atom stereocenters. The number of nitrogens with two attached hydrogens (primary N) is 1. The minimum absolute atomic E-state index is 0.0672. The van der Waals surface area contributed by atoms with Crippen LogP contribution in [0, 0.1) is 0 Å². The van der Waals surface area contributed by atoms with Crippen molar-refractivity contribution in [2.45, 2.75) is 0 Å². The van der Waals surface area contributed by atoms with Crippen molar-refractivity contribution in [3.8, 4) is 11.4 Å². The Labute approximate surface area is 157 Å². The molecule has 8 heteroatoms. The highest BCUT2D eigenvalue weighted by Crippen LogP contribution is 2.26. The Balaban J connectivity index is 1.87. The third-order valence-corrected chi connectivity index (χ3v) is 4.58. The summed E-state index contributed by atoms with van der Waals surface area (Å²) in [5.41, 5.74) is 8.74. The summed E-state index contributed by atoms with van der Waals surface area (Å²) in [4.78, 5) is 21.0. The molecule has 0 spiro atoms. The number of hydrogen-bond donors (Lipinski definition) is 1. The minimum atomic E-state index is -0.0672. The first-order valence-corrected chi connectivity index (χ1v) is 8.83. The number of morpholine rings is 1. The van der Waals surface area contributed by atoms with E-state index in [4.69, 9.17) is 15.5 Å². The first kappa shape index (κ1) is 17.3. The summed E-state index contributed by atoms with van der Waals surface area (Å²) in [6.45, 7) is 2.79. The van der Waals surface area contributed by atoms with Crippen molar-refractivity contribution >= 4 is 22.9 Å². The van der Waals surface area contributed by atoms with Crippen LogP contribution >= 0.6 is 0 Å². The highest BCUT2D eigenvalue weighted by molar-refractivity contribution is 5.96. The lowest BCUT2D eigenvalue weighted by molar-refractivity contribution is 0.0827. The van der Waals surface area contributed by atoms with E-state index in [-0.39, 0.29) is 5.91 Å². The van der Waals surface area contributed by atoms with E-state index in [1.165, 1.54) is 0 Å². The van der Waals surface area contributed by atoms with E-state index in [2.05, 4.69) is 10.00 Å². The molecule has 1 amide bonds. The molecule has 0 bridgehead atoms. The van der Waals surface area contributed by atoms with Crippen molar-refractivity contribution in [3.05, 3.63) is 42.1 Å². The number of aromatic nitrogens is 3. The maximum absolute atomic E-state index is 12.4. The summed E-state index contributed by atoms with van der Waals surface area (Å²) in [5.74, 6) is 1.32. The van der Waals surface area contributed by atoms with Gasteiger partial charge in [0.1, 0.15) is 5.52 Å². The monoisotopic (exact) mass is 366 g/mol. The first-order chi connectivity index (χ1) is 13.0. The summed E-state index contributed by atoms with van der Waals surface area (Å²) < 4.78 is 7.21. The van der Waals surface area contributed by atoms with Crippen LogP contribution in [0.5, 0.6) is 0 Å². The SMILES string of the molecule is CN(C)C(=O)c1cc2c(N3CCOCC3)nc(-c3ccc(N)cc3)nn2c1. The van der Waals surface area contributed by atoms with E-state index in [0.717, 1.165) is 30.0 Å². The third-order valence-electron chi connectivity index (χ3n) is 4.58. The van der Waals surface area contributed by atoms with Crippen molar-refractivity contribution < 1.29 is 9.53 Å². The van der Waals surface area contributed by atoms with Gasteiger partial charge < -0.3 is 20.3 Å². The quantitative estimate of drug-likeness (QED) is 0.707. The molecule has 2 aromatic heterocycles. The molecule has 3 aromatic rings. The van der Waals surface area contributed by atoms with Crippen LogP contribution in [0.2, 0.25) is 0 Å². The summed E-state index contributed by atoms with van der Waals surface area (Å²) in [7, 11) is 3.47. The van der Waals surface area contributed by atoms with Crippen LogP contribution < -0.4 is 10.6 Å². The molecule has 140 valence electrons. The standard InChI is InChI=1S/C19H22N6O2/c1-23(2)19(26)14-11-16-18(24-7-9-27-10-8-24)21-17(22-25(16)12-14)13-3-5-15(20)6-4-13/h3-6,11-12H,7-10,20H2,1-2H3. The van der Waals surface area contributed by atoms with E-state index >= 15 is 0 Å². The van der Waals surface area contributed by atoms with Gasteiger partial charge in [0.05, 0.1) is 18.8 Å². The molecule has 1 aromatic carbocycles. The number of hydrogen-bond acceptors (Lipinski definition) is 6. The molecule has 0 saturated carbocycles. The van der Waals surface area contributed by atoms with Crippen molar-refractivity contribution in [2.24, 2.45) is 0 Å². The molecule has 27 heavy (non-hydrogen) atoms. The summed E-state index contributed by atoms with van der Waals surface area (Å²) in [6.07, 6.45) is 1.75. The van der Waals surface area contributed by atoms with Gasteiger partial charge in [0.15, 0.2) is 11.6 Å². The molecular formula is C19H22N6O2. The lowest BCUT2D eigenvalue weighted by Crippen LogP contribution is -2.37. The Bertz CT molecular complexity index is 974. The average molecular weight is 366 g/mol. The maximum atomic E-state index is 12.4. The van der Waals surface area contributed by atoms with Crippen molar-refractivity contribution in [3.63, 3.8) is 0 Å². The Morgan fingerprint density at radius 1 is 1.19 bits per heavy atom. The van der Waals surface area contributed by atoms with E-state index < -0.39 is 0 Å². The number of rotatable bonds is 3. The molecule has 0 aliphatic carbocycles. The Morgan fingerprint density at radius 3 is 2.56 bits per heavy atom. The molecule has 1 aliphatic heterocycles. The zero-order valence-corrected chi connectivity index (χ0v) is 15.4. The van der Waals surface area contributed by atoms with Crippen LogP contribution in [0.25, 0.3) is 16.9 Å². The van der Waals surface area contributed by atoms with E-state index in [0.29, 0.717) is 30.3 Å². The second-order valence-corrected chi connectivity index (χ2v) is 6.74. The van der Waals surface area contributed by atoms with Gasteiger partial charge in [0.25, 0.3) is 5.91 Å². The molecule has 4 rings (SSSR count). The second kappa shape index (κ2) is 6.88. The molecule has 3 heterocycles. The zero-order chi connectivity index (χ0) is 19.0. The summed E-state index contributed by atoms with van der Waals surface area (Å²) >= 11 is 0. The molecule has 8 nitrogen and oxygen atoms in total. The van der Waals surface area contributed by atoms with Crippen LogP contribution in [0.4, 0.5) is 11.5 Å². The number of amides is 1. The van der Waals surface area contributed by atoms with E-state index in [9.17, 15) is 4.79 Å². The lowest BCUT2D eigenvalue weighted by atomic mass is 10.2. The van der Waals surface area contributed by atoms with Crippen LogP contribution in [0.1, 0.15) is 10.4 Å². The van der Waals surface area contributed by atoms with Gasteiger partial charge in [-0.2, -0.15) is 0 Å². The fourth-order valence-corrected chi connectivity index (χ4v) is 3.12. The number of anilines is 2. The third kappa shape index (κ3) is 3.31. The Morgan fingerprint density at radius 2 is 1.89 bits per heavy atom. The van der Waals surface area contributed by atoms with Crippen LogP contribution in [0.3, 0.4) is 0 Å². The van der Waals surface area contributed by atoms with Gasteiger partial charge in [-0.05, 0) is 30.3 Å². The number of benzene rings is 1. The largest absolute Gasteiger partial charge is 0.399 e. The molecule has 1 saturated heterocycles. The number of ether oxygens (including phenoxy) is 1. The van der Waals surface area contributed by atoms with Crippen molar-refractivity contribution in [2.75, 3.05) is 51.0 Å². The van der Waals surface area contributed by atoms with Crippen LogP contribution in [-0.4, -0.2) is 65.8 Å². The number of nitrogens with zero attached hydrogens (tertiary/aromatic N) is 5. The van der Waals surface area contributed by atoms with Gasteiger partial charge in [0.2, 0.25) is 0 Å². The van der Waals surface area contributed by atoms with Gasteiger partial charge in [-0.3, -0.25) is 4.79 Å². The highest BCUT2D eigenvalue weighted by atomic mass is 16.5. The van der Waals surface area contributed by atoms with E-state index in [1.54, 1.807) is 29.7 Å². The second-order valence-electron chi connectivity index (χ2n) is 6.74. The molecule has 0 radical (unpaired) electrons. The zero-order valence-electron chi connectivity index (χ0n) is 15.4. The molecule has 1 aliphatic rings. The Kier molecular flexibility index (Phi) is 4.41. The molecule has 0 atom stereocenters. The predicted molar refractivity (Wildman–Crippen MR) is 104 cm³/mol. The lowest BCUT2D eigenvalue weighted by Gasteiger charge is -2.28. The van der Waals surface area contributed by atoms with Crippen molar-refractivity contribution in [1.82, 2.24) is 19.5 Å². The predicted octanol–water partition coefficient (Wildman–Crippen LogP) is 1.52. The summed E-state index contributed by atoms with van der Waals surface area (Å²) in [6, 6.07) is 9.30. The Hall–Kier alpha value is -3.13. The van der Waals surface area contributed by atoms with Gasteiger partial charge in [-0.1, -0.05) is 0 Å². The highest BCUT2D eigenvalue weighted by Gasteiger charge is 2.21. The smallest absolute Gasteiger partial charge is 0.254 e.